The minimum Gasteiger partial charge on any atom is -0.394 e. The van der Waals surface area contributed by atoms with Crippen LogP contribution in [0.4, 0.5) is 0 Å². The third kappa shape index (κ3) is 4.35. The van der Waals surface area contributed by atoms with Gasteiger partial charge in [0.25, 0.3) is 0 Å². The predicted molar refractivity (Wildman–Crippen MR) is 65.3 cm³/mol. The third-order valence-electron chi connectivity index (χ3n) is 3.23. The van der Waals surface area contributed by atoms with Gasteiger partial charge in [-0.2, -0.15) is 0 Å². The van der Waals surface area contributed by atoms with Gasteiger partial charge >= 0.3 is 0 Å². The van der Waals surface area contributed by atoms with Crippen molar-refractivity contribution in [2.45, 2.75) is 63.0 Å². The van der Waals surface area contributed by atoms with E-state index >= 15 is 0 Å². The first kappa shape index (κ1) is 16.8. The molecule has 0 aromatic rings. The molecule has 0 aromatic heterocycles. The Kier molecular flexibility index (Phi) is 7.16. The van der Waals surface area contributed by atoms with Crippen molar-refractivity contribution in [3.05, 3.63) is 0 Å². The van der Waals surface area contributed by atoms with Crippen LogP contribution in [0.15, 0.2) is 0 Å². The summed E-state index contributed by atoms with van der Waals surface area (Å²) in [6.07, 6.45) is -5.72. The number of aliphatic hydroxyl groups is 5. The molecule has 0 spiro atoms. The average molecular weight is 280 g/mol. The summed E-state index contributed by atoms with van der Waals surface area (Å²) in [6.45, 7) is 1.81. The molecule has 1 aliphatic rings. The molecule has 0 unspecified atom stereocenters. The van der Waals surface area contributed by atoms with E-state index in [1.165, 1.54) is 0 Å². The highest BCUT2D eigenvalue weighted by molar-refractivity contribution is 4.90. The van der Waals surface area contributed by atoms with Gasteiger partial charge in [-0.1, -0.05) is 19.8 Å². The fourth-order valence-electron chi connectivity index (χ4n) is 1.96. The zero-order valence-corrected chi connectivity index (χ0v) is 11.1. The van der Waals surface area contributed by atoms with Gasteiger partial charge < -0.3 is 35.0 Å². The second-order valence-electron chi connectivity index (χ2n) is 4.77. The van der Waals surface area contributed by atoms with Gasteiger partial charge in [-0.15, -0.1) is 0 Å². The molecular formula is C12H24O7. The fourth-order valence-corrected chi connectivity index (χ4v) is 1.96. The lowest BCUT2D eigenvalue weighted by Gasteiger charge is -2.25. The molecule has 1 rings (SSSR count). The maximum atomic E-state index is 9.82. The average Bonchev–Trinajstić information content (AvgIpc) is 2.49. The summed E-state index contributed by atoms with van der Waals surface area (Å²) in [5.74, 6) is 0. The first-order valence-corrected chi connectivity index (χ1v) is 6.63. The Morgan fingerprint density at radius 1 is 0.947 bits per heavy atom. The summed E-state index contributed by atoms with van der Waals surface area (Å²) in [5.41, 5.74) is 0. The number of hydrogen-bond donors (Lipinski definition) is 5. The molecule has 7 heteroatoms. The largest absolute Gasteiger partial charge is 0.394 e. The van der Waals surface area contributed by atoms with Gasteiger partial charge in [0.1, 0.15) is 30.5 Å². The van der Waals surface area contributed by atoms with E-state index in [-0.39, 0.29) is 0 Å². The van der Waals surface area contributed by atoms with Crippen LogP contribution in [0, 0.1) is 0 Å². The van der Waals surface area contributed by atoms with E-state index in [9.17, 15) is 20.4 Å². The van der Waals surface area contributed by atoms with Gasteiger partial charge in [0.05, 0.1) is 6.61 Å². The van der Waals surface area contributed by atoms with Crippen molar-refractivity contribution in [1.82, 2.24) is 0 Å². The van der Waals surface area contributed by atoms with Crippen molar-refractivity contribution in [3.8, 4) is 0 Å². The van der Waals surface area contributed by atoms with Crippen LogP contribution < -0.4 is 0 Å². The highest BCUT2D eigenvalue weighted by Crippen LogP contribution is 2.22. The van der Waals surface area contributed by atoms with Crippen LogP contribution >= 0.6 is 0 Å². The molecule has 5 N–H and O–H groups in total. The minimum atomic E-state index is -1.60. The number of ether oxygens (including phenoxy) is 2. The summed E-state index contributed by atoms with van der Waals surface area (Å²) in [4.78, 5) is 0. The van der Waals surface area contributed by atoms with Crippen LogP contribution in [0.25, 0.3) is 0 Å². The molecule has 1 aliphatic heterocycles. The third-order valence-corrected chi connectivity index (χ3v) is 3.23. The number of aliphatic hydroxyl groups excluding tert-OH is 5. The van der Waals surface area contributed by atoms with E-state index < -0.39 is 43.4 Å². The molecule has 0 aliphatic carbocycles. The van der Waals surface area contributed by atoms with E-state index in [1.807, 2.05) is 6.92 Å². The molecule has 6 atom stereocenters. The lowest BCUT2D eigenvalue weighted by atomic mass is 10.0. The van der Waals surface area contributed by atoms with Gasteiger partial charge in [0.2, 0.25) is 0 Å². The van der Waals surface area contributed by atoms with Crippen LogP contribution in [-0.2, 0) is 9.47 Å². The fraction of sp³-hybridized carbons (Fsp3) is 1.00. The monoisotopic (exact) mass is 280 g/mol. The molecule has 0 aromatic carbocycles. The zero-order chi connectivity index (χ0) is 14.4. The van der Waals surface area contributed by atoms with E-state index in [0.29, 0.717) is 6.61 Å². The van der Waals surface area contributed by atoms with Crippen molar-refractivity contribution in [1.29, 1.82) is 0 Å². The van der Waals surface area contributed by atoms with E-state index in [0.717, 1.165) is 19.3 Å². The smallest absolute Gasteiger partial charge is 0.186 e. The minimum absolute atomic E-state index is 0.326. The Bertz CT molecular complexity index is 248. The maximum Gasteiger partial charge on any atom is 0.186 e. The number of unbranched alkanes of at least 4 members (excludes halogenated alkanes) is 2. The number of rotatable bonds is 6. The maximum absolute atomic E-state index is 9.82. The highest BCUT2D eigenvalue weighted by atomic mass is 16.7. The summed E-state index contributed by atoms with van der Waals surface area (Å²) >= 11 is 0. The van der Waals surface area contributed by atoms with Gasteiger partial charge in [0, 0.05) is 6.61 Å². The second kappa shape index (κ2) is 8.11. The lowest BCUT2D eigenvalue weighted by Crippen LogP contribution is -2.47. The zero-order valence-electron chi connectivity index (χ0n) is 11.1. The van der Waals surface area contributed by atoms with Gasteiger partial charge in [-0.05, 0) is 6.42 Å². The summed E-state index contributed by atoms with van der Waals surface area (Å²) < 4.78 is 10.5. The molecule has 0 radical (unpaired) electrons. The van der Waals surface area contributed by atoms with Crippen molar-refractivity contribution < 1.29 is 35.0 Å². The van der Waals surface area contributed by atoms with Crippen molar-refractivity contribution in [3.63, 3.8) is 0 Å². The first-order valence-electron chi connectivity index (χ1n) is 6.63. The van der Waals surface area contributed by atoms with E-state index in [2.05, 4.69) is 0 Å². The Hall–Kier alpha value is -0.280. The summed E-state index contributed by atoms with van der Waals surface area (Å²) in [6, 6.07) is 0. The van der Waals surface area contributed by atoms with Crippen LogP contribution in [-0.4, -0.2) is 75.6 Å². The molecule has 19 heavy (non-hydrogen) atoms. The topological polar surface area (TPSA) is 120 Å². The summed E-state index contributed by atoms with van der Waals surface area (Å²) in [7, 11) is 0. The highest BCUT2D eigenvalue weighted by Gasteiger charge is 2.44. The van der Waals surface area contributed by atoms with Gasteiger partial charge in [-0.3, -0.25) is 0 Å². The van der Waals surface area contributed by atoms with Crippen LogP contribution in [0.5, 0.6) is 0 Å². The Labute approximate surface area is 112 Å². The van der Waals surface area contributed by atoms with Crippen LogP contribution in [0.1, 0.15) is 26.2 Å². The molecule has 114 valence electrons. The predicted octanol–water partition coefficient (Wildman–Crippen LogP) is -1.65. The molecule has 7 nitrogen and oxygen atoms in total. The van der Waals surface area contributed by atoms with E-state index in [4.69, 9.17) is 14.6 Å². The van der Waals surface area contributed by atoms with Gasteiger partial charge in [0.15, 0.2) is 6.29 Å². The number of hydrogen-bond acceptors (Lipinski definition) is 7. The Morgan fingerprint density at radius 3 is 2.16 bits per heavy atom. The molecule has 1 fully saturated rings. The Balaban J connectivity index is 2.62. The molecule has 1 saturated heterocycles. The molecule has 1 heterocycles. The van der Waals surface area contributed by atoms with Gasteiger partial charge in [-0.25, -0.2) is 0 Å². The van der Waals surface area contributed by atoms with Crippen molar-refractivity contribution in [2.24, 2.45) is 0 Å². The second-order valence-corrected chi connectivity index (χ2v) is 4.77. The molecule has 0 bridgehead atoms. The standard InChI is InChI=1S/C12H24O7/c1-2-3-4-5-18-12-11(17)10(16)9(15)8(14)7(6-13)19-12/h7-17H,2-6H2,1H3/t7-,8-,9+,10+,11-,12+/m1/s1. The molecule has 0 amide bonds. The SMILES string of the molecule is CCCCCO[C@H]1O[C@H](CO)[C@@H](O)[C@H](O)[C@H](O)[C@H]1O. The normalized spacial score (nSPS) is 40.1. The summed E-state index contributed by atoms with van der Waals surface area (Å²) in [5, 5.41) is 47.9. The van der Waals surface area contributed by atoms with Crippen molar-refractivity contribution >= 4 is 0 Å². The molecule has 0 saturated carbocycles. The van der Waals surface area contributed by atoms with Crippen LogP contribution in [0.3, 0.4) is 0 Å². The first-order chi connectivity index (χ1) is 9.02. The lowest BCUT2D eigenvalue weighted by molar-refractivity contribution is -0.233. The quantitative estimate of drug-likeness (QED) is 0.370. The Morgan fingerprint density at radius 2 is 1.58 bits per heavy atom. The van der Waals surface area contributed by atoms with E-state index in [1.54, 1.807) is 0 Å². The van der Waals surface area contributed by atoms with Crippen molar-refractivity contribution in [2.75, 3.05) is 13.2 Å². The molecular weight excluding hydrogens is 256 g/mol. The van der Waals surface area contributed by atoms with Crippen LogP contribution in [0.2, 0.25) is 0 Å².